The highest BCUT2D eigenvalue weighted by molar-refractivity contribution is 5.79. The summed E-state index contributed by atoms with van der Waals surface area (Å²) in [5.74, 6) is 0.690. The number of halogens is 3. The lowest BCUT2D eigenvalue weighted by atomic mass is 10.2. The molecule has 0 aromatic carbocycles. The SMILES string of the molecule is CN=C(NCCCCN1CCCC1)NC1CCN(CC(F)(F)F)C1. The molecule has 8 heteroatoms. The Kier molecular flexibility index (Phi) is 7.61. The lowest BCUT2D eigenvalue weighted by Crippen LogP contribution is -2.45. The zero-order valence-corrected chi connectivity index (χ0v) is 14.5. The van der Waals surface area contributed by atoms with Crippen LogP contribution in [0.2, 0.25) is 0 Å². The van der Waals surface area contributed by atoms with Crippen LogP contribution in [0.1, 0.15) is 32.1 Å². The molecule has 0 aromatic rings. The van der Waals surface area contributed by atoms with Crippen LogP contribution in [0.5, 0.6) is 0 Å². The second kappa shape index (κ2) is 9.46. The van der Waals surface area contributed by atoms with E-state index in [0.717, 1.165) is 25.9 Å². The number of nitrogens with one attached hydrogen (secondary N) is 2. The van der Waals surface area contributed by atoms with Gasteiger partial charge in [0.25, 0.3) is 0 Å². The molecule has 5 nitrogen and oxygen atoms in total. The smallest absolute Gasteiger partial charge is 0.356 e. The Balaban J connectivity index is 1.57. The second-order valence-electron chi connectivity index (χ2n) is 6.74. The second-order valence-corrected chi connectivity index (χ2v) is 6.74. The van der Waals surface area contributed by atoms with E-state index < -0.39 is 12.7 Å². The predicted molar refractivity (Wildman–Crippen MR) is 90.3 cm³/mol. The standard InChI is InChI=1S/C16H30F3N5/c1-20-15(21-7-2-3-8-23-9-4-5-10-23)22-14-6-11-24(12-14)13-16(17,18)19/h14H,2-13H2,1H3,(H2,20,21,22). The quantitative estimate of drug-likeness (QED) is 0.417. The van der Waals surface area contributed by atoms with E-state index in [2.05, 4.69) is 20.5 Å². The van der Waals surface area contributed by atoms with Crippen LogP contribution < -0.4 is 10.6 Å². The molecule has 0 spiro atoms. The van der Waals surface area contributed by atoms with Crippen molar-refractivity contribution in [3.8, 4) is 0 Å². The van der Waals surface area contributed by atoms with Crippen molar-refractivity contribution in [1.82, 2.24) is 20.4 Å². The molecule has 2 saturated heterocycles. The number of hydrogen-bond acceptors (Lipinski definition) is 3. The molecule has 0 radical (unpaired) electrons. The summed E-state index contributed by atoms with van der Waals surface area (Å²) < 4.78 is 37.2. The van der Waals surface area contributed by atoms with Crippen molar-refractivity contribution < 1.29 is 13.2 Å². The van der Waals surface area contributed by atoms with E-state index in [9.17, 15) is 13.2 Å². The van der Waals surface area contributed by atoms with Gasteiger partial charge in [-0.15, -0.1) is 0 Å². The van der Waals surface area contributed by atoms with Gasteiger partial charge in [-0.1, -0.05) is 0 Å². The van der Waals surface area contributed by atoms with Crippen LogP contribution >= 0.6 is 0 Å². The highest BCUT2D eigenvalue weighted by Crippen LogP contribution is 2.19. The van der Waals surface area contributed by atoms with Gasteiger partial charge in [0.1, 0.15) is 0 Å². The molecular weight excluding hydrogens is 319 g/mol. The maximum atomic E-state index is 12.4. The first-order valence-corrected chi connectivity index (χ1v) is 8.95. The van der Waals surface area contributed by atoms with Gasteiger partial charge >= 0.3 is 6.18 Å². The summed E-state index contributed by atoms with van der Waals surface area (Å²) >= 11 is 0. The fraction of sp³-hybridized carbons (Fsp3) is 0.938. The first kappa shape index (κ1) is 19.3. The molecule has 140 valence electrons. The van der Waals surface area contributed by atoms with Crippen LogP contribution in [0.25, 0.3) is 0 Å². The Hall–Kier alpha value is -1.02. The predicted octanol–water partition coefficient (Wildman–Crippen LogP) is 1.66. The van der Waals surface area contributed by atoms with E-state index in [0.29, 0.717) is 25.5 Å². The van der Waals surface area contributed by atoms with Crippen molar-refractivity contribution in [2.75, 3.05) is 52.9 Å². The molecule has 1 unspecified atom stereocenters. The van der Waals surface area contributed by atoms with Crippen LogP contribution in [0.4, 0.5) is 13.2 Å². The number of aliphatic imine (C=N–C) groups is 1. The number of hydrogen-bond donors (Lipinski definition) is 2. The van der Waals surface area contributed by atoms with Gasteiger partial charge in [-0.05, 0) is 51.7 Å². The first-order valence-electron chi connectivity index (χ1n) is 8.95. The van der Waals surface area contributed by atoms with Crippen LogP contribution in [0.3, 0.4) is 0 Å². The number of guanidine groups is 1. The molecule has 0 bridgehead atoms. The van der Waals surface area contributed by atoms with Gasteiger partial charge in [0, 0.05) is 32.7 Å². The van der Waals surface area contributed by atoms with Crippen LogP contribution in [-0.2, 0) is 0 Å². The van der Waals surface area contributed by atoms with E-state index in [1.165, 1.54) is 30.8 Å². The Labute approximate surface area is 142 Å². The van der Waals surface area contributed by atoms with Gasteiger partial charge in [0.15, 0.2) is 5.96 Å². The van der Waals surface area contributed by atoms with Crippen LogP contribution in [0.15, 0.2) is 4.99 Å². The van der Waals surface area contributed by atoms with Crippen molar-refractivity contribution in [1.29, 1.82) is 0 Å². The number of likely N-dealkylation sites (tertiary alicyclic amines) is 2. The maximum absolute atomic E-state index is 12.4. The molecule has 2 aliphatic heterocycles. The number of unbranched alkanes of at least 4 members (excludes halogenated alkanes) is 1. The number of rotatable bonds is 7. The highest BCUT2D eigenvalue weighted by Gasteiger charge is 2.34. The molecule has 2 rings (SSSR count). The Morgan fingerprint density at radius 3 is 2.54 bits per heavy atom. The van der Waals surface area contributed by atoms with Crippen molar-refractivity contribution in [3.05, 3.63) is 0 Å². The van der Waals surface area contributed by atoms with Gasteiger partial charge in [-0.3, -0.25) is 9.89 Å². The summed E-state index contributed by atoms with van der Waals surface area (Å²) in [5.41, 5.74) is 0. The van der Waals surface area contributed by atoms with Gasteiger partial charge in [0.2, 0.25) is 0 Å². The lowest BCUT2D eigenvalue weighted by Gasteiger charge is -2.20. The van der Waals surface area contributed by atoms with Crippen LogP contribution in [0, 0.1) is 0 Å². The van der Waals surface area contributed by atoms with Gasteiger partial charge in [-0.25, -0.2) is 0 Å². The third kappa shape index (κ3) is 7.25. The van der Waals surface area contributed by atoms with Crippen molar-refractivity contribution in [2.45, 2.75) is 44.3 Å². The average Bonchev–Trinajstić information content (AvgIpc) is 3.16. The Bertz CT molecular complexity index is 394. The summed E-state index contributed by atoms with van der Waals surface area (Å²) in [6, 6.07) is 0.0307. The van der Waals surface area contributed by atoms with Crippen molar-refractivity contribution >= 4 is 5.96 Å². The summed E-state index contributed by atoms with van der Waals surface area (Å²) in [4.78, 5) is 8.12. The lowest BCUT2D eigenvalue weighted by molar-refractivity contribution is -0.143. The first-order chi connectivity index (χ1) is 11.5. The molecule has 2 fully saturated rings. The molecule has 2 N–H and O–H groups in total. The van der Waals surface area contributed by atoms with Gasteiger partial charge in [-0.2, -0.15) is 13.2 Å². The van der Waals surface area contributed by atoms with E-state index in [4.69, 9.17) is 0 Å². The molecule has 0 amide bonds. The third-order valence-electron chi connectivity index (χ3n) is 4.63. The fourth-order valence-corrected chi connectivity index (χ4v) is 3.41. The van der Waals surface area contributed by atoms with Crippen LogP contribution in [-0.4, -0.2) is 80.8 Å². The monoisotopic (exact) mass is 349 g/mol. The topological polar surface area (TPSA) is 42.9 Å². The third-order valence-corrected chi connectivity index (χ3v) is 4.63. The Morgan fingerprint density at radius 1 is 1.12 bits per heavy atom. The average molecular weight is 349 g/mol. The normalized spacial score (nSPS) is 23.8. The van der Waals surface area contributed by atoms with E-state index in [1.54, 1.807) is 7.05 Å². The van der Waals surface area contributed by atoms with E-state index >= 15 is 0 Å². The molecule has 0 aromatic heterocycles. The van der Waals surface area contributed by atoms with Gasteiger partial charge < -0.3 is 15.5 Å². The zero-order chi connectivity index (χ0) is 17.4. The molecule has 2 heterocycles. The minimum atomic E-state index is -4.12. The van der Waals surface area contributed by atoms with E-state index in [-0.39, 0.29) is 6.04 Å². The molecule has 2 aliphatic rings. The highest BCUT2D eigenvalue weighted by atomic mass is 19.4. The summed E-state index contributed by atoms with van der Waals surface area (Å²) in [6.45, 7) is 4.52. The van der Waals surface area contributed by atoms with Crippen molar-refractivity contribution in [3.63, 3.8) is 0 Å². The molecule has 0 saturated carbocycles. The minimum absolute atomic E-state index is 0.0307. The van der Waals surface area contributed by atoms with E-state index in [1.807, 2.05) is 0 Å². The molecular formula is C16H30F3N5. The van der Waals surface area contributed by atoms with Gasteiger partial charge in [0.05, 0.1) is 6.54 Å². The number of nitrogens with zero attached hydrogens (tertiary/aromatic N) is 3. The largest absolute Gasteiger partial charge is 0.401 e. The Morgan fingerprint density at radius 2 is 1.88 bits per heavy atom. The minimum Gasteiger partial charge on any atom is -0.356 e. The maximum Gasteiger partial charge on any atom is 0.401 e. The zero-order valence-electron chi connectivity index (χ0n) is 14.5. The molecule has 24 heavy (non-hydrogen) atoms. The van der Waals surface area contributed by atoms with Crippen molar-refractivity contribution in [2.24, 2.45) is 4.99 Å². The summed E-state index contributed by atoms with van der Waals surface area (Å²) in [6.07, 6.45) is 1.47. The molecule has 0 aliphatic carbocycles. The fourth-order valence-electron chi connectivity index (χ4n) is 3.41. The number of alkyl halides is 3. The molecule has 1 atom stereocenters. The summed E-state index contributed by atoms with van der Waals surface area (Å²) in [5, 5.41) is 6.50. The summed E-state index contributed by atoms with van der Waals surface area (Å²) in [7, 11) is 1.70.